The molecule has 1 aromatic carbocycles. The Labute approximate surface area is 174 Å². The first-order chi connectivity index (χ1) is 14.1. The monoisotopic (exact) mass is 409 g/mol. The van der Waals surface area contributed by atoms with Gasteiger partial charge in [-0.2, -0.15) is 0 Å². The van der Waals surface area contributed by atoms with Crippen LogP contribution in [-0.2, 0) is 24.2 Å². The van der Waals surface area contributed by atoms with Crippen LogP contribution >= 0.6 is 11.3 Å². The van der Waals surface area contributed by atoms with Crippen LogP contribution in [0.1, 0.15) is 54.5 Å². The van der Waals surface area contributed by atoms with Crippen molar-refractivity contribution < 1.29 is 4.79 Å². The van der Waals surface area contributed by atoms with Crippen LogP contribution in [0.25, 0.3) is 10.2 Å². The van der Waals surface area contributed by atoms with E-state index in [4.69, 9.17) is 0 Å². The molecule has 5 nitrogen and oxygen atoms in total. The second-order valence-corrected chi connectivity index (χ2v) is 8.92. The Morgan fingerprint density at radius 2 is 2.03 bits per heavy atom. The molecule has 1 atom stereocenters. The first kappa shape index (κ1) is 19.8. The van der Waals surface area contributed by atoms with Crippen LogP contribution < -0.4 is 10.9 Å². The van der Waals surface area contributed by atoms with Crippen LogP contribution in [-0.4, -0.2) is 22.0 Å². The Morgan fingerprint density at radius 3 is 2.86 bits per heavy atom. The Bertz CT molecular complexity index is 1060. The number of hydrogen-bond donors (Lipinski definition) is 1. The number of carbonyl (C=O) groups excluding carboxylic acids is 1. The molecule has 2 aromatic heterocycles. The van der Waals surface area contributed by atoms with E-state index < -0.39 is 0 Å². The van der Waals surface area contributed by atoms with Gasteiger partial charge in [-0.1, -0.05) is 37.3 Å². The van der Waals surface area contributed by atoms with E-state index in [1.54, 1.807) is 22.2 Å². The van der Waals surface area contributed by atoms with E-state index in [1.807, 2.05) is 18.2 Å². The molecule has 1 aliphatic rings. The van der Waals surface area contributed by atoms with Crippen molar-refractivity contribution in [3.8, 4) is 0 Å². The number of fused-ring (bicyclic) bond motifs is 3. The maximum Gasteiger partial charge on any atom is 0.262 e. The number of amides is 1. The van der Waals surface area contributed by atoms with Crippen molar-refractivity contribution in [1.82, 2.24) is 14.9 Å². The van der Waals surface area contributed by atoms with Gasteiger partial charge in [0.2, 0.25) is 5.91 Å². The molecule has 2 heterocycles. The second-order valence-electron chi connectivity index (χ2n) is 7.83. The number of thiophene rings is 1. The van der Waals surface area contributed by atoms with Crippen molar-refractivity contribution in [3.63, 3.8) is 0 Å². The molecule has 1 amide bonds. The van der Waals surface area contributed by atoms with E-state index in [0.717, 1.165) is 35.9 Å². The molecule has 0 saturated carbocycles. The highest BCUT2D eigenvalue weighted by Crippen LogP contribution is 2.33. The van der Waals surface area contributed by atoms with E-state index in [9.17, 15) is 9.59 Å². The minimum Gasteiger partial charge on any atom is -0.356 e. The number of nitrogens with zero attached hydrogens (tertiary/aromatic N) is 2. The molecule has 0 saturated heterocycles. The zero-order valence-electron chi connectivity index (χ0n) is 16.8. The van der Waals surface area contributed by atoms with Gasteiger partial charge in [0.15, 0.2) is 0 Å². The van der Waals surface area contributed by atoms with Gasteiger partial charge < -0.3 is 5.32 Å². The second kappa shape index (κ2) is 8.91. The molecule has 152 valence electrons. The van der Waals surface area contributed by atoms with Crippen LogP contribution in [0.15, 0.2) is 41.5 Å². The maximum absolute atomic E-state index is 12.9. The Kier molecular flexibility index (Phi) is 6.09. The van der Waals surface area contributed by atoms with Crippen molar-refractivity contribution >= 4 is 27.5 Å². The van der Waals surface area contributed by atoms with Gasteiger partial charge in [0.05, 0.1) is 11.7 Å². The summed E-state index contributed by atoms with van der Waals surface area (Å²) in [5, 5.41) is 3.76. The molecule has 0 radical (unpaired) electrons. The first-order valence-corrected chi connectivity index (χ1v) is 11.3. The van der Waals surface area contributed by atoms with Gasteiger partial charge in [-0.3, -0.25) is 14.2 Å². The van der Waals surface area contributed by atoms with Gasteiger partial charge in [-0.25, -0.2) is 4.98 Å². The zero-order valence-corrected chi connectivity index (χ0v) is 17.6. The number of rotatable bonds is 7. The van der Waals surface area contributed by atoms with Crippen molar-refractivity contribution in [1.29, 1.82) is 0 Å². The van der Waals surface area contributed by atoms with E-state index >= 15 is 0 Å². The molecule has 0 aliphatic heterocycles. The quantitative estimate of drug-likeness (QED) is 0.641. The number of aryl methyl sites for hydroxylation is 3. The lowest BCUT2D eigenvalue weighted by atomic mass is 9.97. The van der Waals surface area contributed by atoms with Crippen molar-refractivity contribution in [2.24, 2.45) is 0 Å². The largest absolute Gasteiger partial charge is 0.356 e. The molecule has 3 aromatic rings. The third kappa shape index (κ3) is 4.42. The normalized spacial score (nSPS) is 14.5. The van der Waals surface area contributed by atoms with Crippen molar-refractivity contribution in [2.75, 3.05) is 6.54 Å². The Hall–Kier alpha value is -2.47. The third-order valence-electron chi connectivity index (χ3n) is 5.79. The predicted octanol–water partition coefficient (Wildman–Crippen LogP) is 4.04. The summed E-state index contributed by atoms with van der Waals surface area (Å²) >= 11 is 1.66. The fraction of sp³-hybridized carbons (Fsp3) is 0.435. The van der Waals surface area contributed by atoms with E-state index in [2.05, 4.69) is 29.4 Å². The van der Waals surface area contributed by atoms with Crippen LogP contribution in [0.5, 0.6) is 0 Å². The van der Waals surface area contributed by atoms with Gasteiger partial charge in [0, 0.05) is 24.4 Å². The predicted molar refractivity (Wildman–Crippen MR) is 118 cm³/mol. The summed E-state index contributed by atoms with van der Waals surface area (Å²) in [6.45, 7) is 3.18. The summed E-state index contributed by atoms with van der Waals surface area (Å²) in [6.07, 6.45) is 7.13. The van der Waals surface area contributed by atoms with Crippen LogP contribution in [0.4, 0.5) is 0 Å². The minimum absolute atomic E-state index is 0.0000928. The third-order valence-corrected chi connectivity index (χ3v) is 6.99. The molecule has 1 N–H and O–H groups in total. The molecular formula is C23H27N3O2S. The smallest absolute Gasteiger partial charge is 0.262 e. The molecule has 0 bridgehead atoms. The summed E-state index contributed by atoms with van der Waals surface area (Å²) in [6, 6.07) is 10.3. The summed E-state index contributed by atoms with van der Waals surface area (Å²) in [5.41, 5.74) is 2.48. The average Bonchev–Trinajstić information content (AvgIpc) is 3.13. The average molecular weight is 410 g/mol. The van der Waals surface area contributed by atoms with Gasteiger partial charge >= 0.3 is 0 Å². The SMILES string of the molecule is CC(CCNC(=O)CCn1cnc2sc3c(c2c1=O)CCCC3)c1ccccc1. The molecular weight excluding hydrogens is 382 g/mol. The lowest BCUT2D eigenvalue weighted by molar-refractivity contribution is -0.121. The van der Waals surface area contributed by atoms with Gasteiger partial charge in [-0.15, -0.1) is 11.3 Å². The Morgan fingerprint density at radius 1 is 1.24 bits per heavy atom. The fourth-order valence-corrected chi connectivity index (χ4v) is 5.25. The maximum atomic E-state index is 12.9. The highest BCUT2D eigenvalue weighted by molar-refractivity contribution is 7.18. The summed E-state index contributed by atoms with van der Waals surface area (Å²) in [4.78, 5) is 31.8. The standard InChI is InChI=1S/C23H27N3O2S/c1-16(17-7-3-2-4-8-17)11-13-24-20(27)12-14-26-15-25-22-21(23(26)28)18-9-5-6-10-19(18)29-22/h2-4,7-8,15-16H,5-6,9-14H2,1H3,(H,24,27). The van der Waals surface area contributed by atoms with Crippen LogP contribution in [0, 0.1) is 0 Å². The number of benzene rings is 1. The summed E-state index contributed by atoms with van der Waals surface area (Å²) in [7, 11) is 0. The fourth-order valence-electron chi connectivity index (χ4n) is 4.03. The van der Waals surface area contributed by atoms with Gasteiger partial charge in [0.25, 0.3) is 5.56 Å². The van der Waals surface area contributed by atoms with Gasteiger partial charge in [0.1, 0.15) is 4.83 Å². The minimum atomic E-state index is -0.0235. The Balaban J connectivity index is 1.33. The molecule has 1 unspecified atom stereocenters. The van der Waals surface area contributed by atoms with Crippen LogP contribution in [0.2, 0.25) is 0 Å². The molecule has 0 spiro atoms. The first-order valence-electron chi connectivity index (χ1n) is 10.4. The van der Waals surface area contributed by atoms with Crippen molar-refractivity contribution in [2.45, 2.75) is 57.9 Å². The number of nitrogens with one attached hydrogen (secondary N) is 1. The van der Waals surface area contributed by atoms with Crippen LogP contribution in [0.3, 0.4) is 0 Å². The lowest BCUT2D eigenvalue weighted by Gasteiger charge is -2.13. The molecule has 1 aliphatic carbocycles. The highest BCUT2D eigenvalue weighted by atomic mass is 32.1. The highest BCUT2D eigenvalue weighted by Gasteiger charge is 2.20. The van der Waals surface area contributed by atoms with Crippen molar-refractivity contribution in [3.05, 3.63) is 63.0 Å². The number of hydrogen-bond acceptors (Lipinski definition) is 4. The van der Waals surface area contributed by atoms with Gasteiger partial charge in [-0.05, 0) is 49.1 Å². The summed E-state index contributed by atoms with van der Waals surface area (Å²) in [5.74, 6) is 0.375. The molecule has 29 heavy (non-hydrogen) atoms. The number of carbonyl (C=O) groups is 1. The molecule has 6 heteroatoms. The topological polar surface area (TPSA) is 64.0 Å². The molecule has 0 fully saturated rings. The summed E-state index contributed by atoms with van der Waals surface area (Å²) < 4.78 is 1.59. The zero-order chi connectivity index (χ0) is 20.2. The van der Waals surface area contributed by atoms with E-state index in [0.29, 0.717) is 25.4 Å². The molecule has 4 rings (SSSR count). The lowest BCUT2D eigenvalue weighted by Crippen LogP contribution is -2.28. The van der Waals surface area contributed by atoms with E-state index in [-0.39, 0.29) is 11.5 Å². The number of aromatic nitrogens is 2. The van der Waals surface area contributed by atoms with E-state index in [1.165, 1.54) is 22.4 Å².